The molecule has 0 amide bonds. The molecular formula is C16H12FNO2. The number of pyridine rings is 1. The molecule has 1 aromatic heterocycles. The number of ether oxygens (including phenoxy) is 1. The highest BCUT2D eigenvalue weighted by atomic mass is 19.1. The van der Waals surface area contributed by atoms with Gasteiger partial charge in [-0.2, -0.15) is 0 Å². The summed E-state index contributed by atoms with van der Waals surface area (Å²) < 4.78 is 18.8. The van der Waals surface area contributed by atoms with E-state index in [1.54, 1.807) is 6.20 Å². The number of aliphatic hydroxyl groups excluding tert-OH is 1. The number of nitrogens with zero attached hydrogens (tertiary/aromatic N) is 1. The van der Waals surface area contributed by atoms with Crippen LogP contribution in [0.3, 0.4) is 0 Å². The summed E-state index contributed by atoms with van der Waals surface area (Å²) in [4.78, 5) is 4.29. The number of fused-ring (bicyclic) bond motifs is 1. The van der Waals surface area contributed by atoms with Gasteiger partial charge in [0, 0.05) is 10.9 Å². The predicted octanol–water partition coefficient (Wildman–Crippen LogP) is 3.66. The fourth-order valence-electron chi connectivity index (χ4n) is 2.00. The molecule has 0 aliphatic rings. The topological polar surface area (TPSA) is 42.4 Å². The molecule has 0 atom stereocenters. The molecule has 0 aliphatic carbocycles. The highest BCUT2D eigenvalue weighted by Gasteiger charge is 2.07. The molecule has 0 radical (unpaired) electrons. The van der Waals surface area contributed by atoms with E-state index in [2.05, 4.69) is 4.98 Å². The third-order valence-corrected chi connectivity index (χ3v) is 2.99. The van der Waals surface area contributed by atoms with Crippen LogP contribution in [-0.4, -0.2) is 10.1 Å². The number of aliphatic hydroxyl groups is 1. The summed E-state index contributed by atoms with van der Waals surface area (Å²) in [6.07, 6.45) is 1.60. The molecule has 0 aliphatic heterocycles. The lowest BCUT2D eigenvalue weighted by molar-refractivity contribution is 0.275. The van der Waals surface area contributed by atoms with Gasteiger partial charge in [-0.3, -0.25) is 4.98 Å². The summed E-state index contributed by atoms with van der Waals surface area (Å²) in [7, 11) is 0. The number of hydrogen-bond acceptors (Lipinski definition) is 3. The van der Waals surface area contributed by atoms with Crippen LogP contribution in [0.1, 0.15) is 5.56 Å². The Labute approximate surface area is 115 Å². The van der Waals surface area contributed by atoms with Gasteiger partial charge >= 0.3 is 0 Å². The summed E-state index contributed by atoms with van der Waals surface area (Å²) in [6.45, 7) is -0.284. The van der Waals surface area contributed by atoms with Crippen LogP contribution in [0.4, 0.5) is 4.39 Å². The van der Waals surface area contributed by atoms with Gasteiger partial charge in [0.25, 0.3) is 0 Å². The van der Waals surface area contributed by atoms with Gasteiger partial charge < -0.3 is 9.84 Å². The zero-order valence-corrected chi connectivity index (χ0v) is 10.6. The minimum atomic E-state index is -0.405. The summed E-state index contributed by atoms with van der Waals surface area (Å²) in [5, 5.41) is 10.2. The Balaban J connectivity index is 1.96. The van der Waals surface area contributed by atoms with Crippen LogP contribution in [-0.2, 0) is 6.61 Å². The number of aromatic nitrogens is 1. The van der Waals surface area contributed by atoms with Crippen molar-refractivity contribution in [1.82, 2.24) is 4.98 Å². The van der Waals surface area contributed by atoms with Crippen molar-refractivity contribution in [1.29, 1.82) is 0 Å². The molecule has 0 saturated heterocycles. The fourth-order valence-corrected chi connectivity index (χ4v) is 2.00. The van der Waals surface area contributed by atoms with Gasteiger partial charge in [0.1, 0.15) is 17.3 Å². The van der Waals surface area contributed by atoms with Gasteiger partial charge in [-0.1, -0.05) is 18.2 Å². The van der Waals surface area contributed by atoms with Crippen LogP contribution in [0, 0.1) is 5.82 Å². The average molecular weight is 269 g/mol. The van der Waals surface area contributed by atoms with Crippen LogP contribution in [0.25, 0.3) is 10.9 Å². The summed E-state index contributed by atoms with van der Waals surface area (Å²) >= 11 is 0. The molecule has 0 saturated carbocycles. The molecule has 1 heterocycles. The minimum Gasteiger partial charge on any atom is -0.455 e. The number of halogens is 1. The molecule has 3 nitrogen and oxygen atoms in total. The van der Waals surface area contributed by atoms with E-state index in [1.165, 1.54) is 18.2 Å². The van der Waals surface area contributed by atoms with Gasteiger partial charge in [0.05, 0.1) is 18.3 Å². The van der Waals surface area contributed by atoms with Crippen molar-refractivity contribution in [2.24, 2.45) is 0 Å². The fraction of sp³-hybridized carbons (Fsp3) is 0.0625. The van der Waals surface area contributed by atoms with E-state index in [0.29, 0.717) is 17.1 Å². The highest BCUT2D eigenvalue weighted by molar-refractivity contribution is 5.79. The first-order valence-electron chi connectivity index (χ1n) is 6.18. The zero-order chi connectivity index (χ0) is 13.9. The Morgan fingerprint density at radius 2 is 1.95 bits per heavy atom. The monoisotopic (exact) mass is 269 g/mol. The van der Waals surface area contributed by atoms with Crippen molar-refractivity contribution >= 4 is 10.9 Å². The molecule has 0 bridgehead atoms. The van der Waals surface area contributed by atoms with Gasteiger partial charge in [0.15, 0.2) is 0 Å². The summed E-state index contributed by atoms with van der Waals surface area (Å²) in [5.41, 5.74) is 1.28. The SMILES string of the molecule is OCc1cc(F)ccc1Oc1cnc2ccccc2c1. The van der Waals surface area contributed by atoms with Gasteiger partial charge in [0.2, 0.25) is 0 Å². The average Bonchev–Trinajstić information content (AvgIpc) is 2.49. The Morgan fingerprint density at radius 1 is 1.10 bits per heavy atom. The number of hydrogen-bond donors (Lipinski definition) is 1. The van der Waals surface area contributed by atoms with E-state index in [0.717, 1.165) is 10.9 Å². The van der Waals surface area contributed by atoms with E-state index >= 15 is 0 Å². The van der Waals surface area contributed by atoms with Crippen molar-refractivity contribution < 1.29 is 14.2 Å². The van der Waals surface area contributed by atoms with Crippen LogP contribution >= 0.6 is 0 Å². The van der Waals surface area contributed by atoms with Crippen LogP contribution in [0.5, 0.6) is 11.5 Å². The zero-order valence-electron chi connectivity index (χ0n) is 10.6. The quantitative estimate of drug-likeness (QED) is 0.789. The molecule has 4 heteroatoms. The molecular weight excluding hydrogens is 257 g/mol. The molecule has 3 aromatic rings. The molecule has 0 fully saturated rings. The molecule has 1 N–H and O–H groups in total. The van der Waals surface area contributed by atoms with Crippen molar-refractivity contribution in [3.05, 3.63) is 66.1 Å². The molecule has 100 valence electrons. The van der Waals surface area contributed by atoms with E-state index in [4.69, 9.17) is 4.74 Å². The minimum absolute atomic E-state index is 0.284. The van der Waals surface area contributed by atoms with E-state index < -0.39 is 5.82 Å². The van der Waals surface area contributed by atoms with Crippen LogP contribution < -0.4 is 4.74 Å². The Hall–Kier alpha value is -2.46. The van der Waals surface area contributed by atoms with Crippen molar-refractivity contribution in [2.45, 2.75) is 6.61 Å². The van der Waals surface area contributed by atoms with Crippen LogP contribution in [0.15, 0.2) is 54.7 Å². The summed E-state index contributed by atoms with van der Waals surface area (Å²) in [6, 6.07) is 13.6. The molecule has 3 rings (SSSR count). The lowest BCUT2D eigenvalue weighted by Gasteiger charge is -2.10. The second-order valence-electron chi connectivity index (χ2n) is 4.38. The van der Waals surface area contributed by atoms with Gasteiger partial charge in [-0.25, -0.2) is 4.39 Å². The first-order chi connectivity index (χ1) is 9.76. The molecule has 2 aromatic carbocycles. The first-order valence-corrected chi connectivity index (χ1v) is 6.18. The van der Waals surface area contributed by atoms with E-state index in [9.17, 15) is 9.50 Å². The first kappa shape index (κ1) is 12.6. The van der Waals surface area contributed by atoms with Crippen molar-refractivity contribution in [2.75, 3.05) is 0 Å². The van der Waals surface area contributed by atoms with Gasteiger partial charge in [-0.05, 0) is 30.3 Å². The number of benzene rings is 2. The smallest absolute Gasteiger partial charge is 0.146 e. The largest absolute Gasteiger partial charge is 0.455 e. The standard InChI is InChI=1S/C16H12FNO2/c17-13-5-6-16(12(7-13)10-19)20-14-8-11-3-1-2-4-15(11)18-9-14/h1-9,19H,10H2. The highest BCUT2D eigenvalue weighted by Crippen LogP contribution is 2.27. The predicted molar refractivity (Wildman–Crippen MR) is 74.1 cm³/mol. The molecule has 0 unspecified atom stereocenters. The second-order valence-corrected chi connectivity index (χ2v) is 4.38. The Kier molecular flexibility index (Phi) is 3.31. The Morgan fingerprint density at radius 3 is 2.80 bits per heavy atom. The molecule has 20 heavy (non-hydrogen) atoms. The number of rotatable bonds is 3. The van der Waals surface area contributed by atoms with Crippen LogP contribution in [0.2, 0.25) is 0 Å². The third kappa shape index (κ3) is 2.46. The number of para-hydroxylation sites is 1. The summed E-state index contributed by atoms with van der Waals surface area (Å²) in [5.74, 6) is 0.564. The Bertz CT molecular complexity index is 758. The molecule has 0 spiro atoms. The maximum Gasteiger partial charge on any atom is 0.146 e. The van der Waals surface area contributed by atoms with E-state index in [-0.39, 0.29) is 6.61 Å². The normalized spacial score (nSPS) is 10.7. The lowest BCUT2D eigenvalue weighted by Crippen LogP contribution is -1.93. The van der Waals surface area contributed by atoms with Gasteiger partial charge in [-0.15, -0.1) is 0 Å². The van der Waals surface area contributed by atoms with Crippen molar-refractivity contribution in [3.63, 3.8) is 0 Å². The maximum absolute atomic E-state index is 13.1. The van der Waals surface area contributed by atoms with E-state index in [1.807, 2.05) is 30.3 Å². The lowest BCUT2D eigenvalue weighted by atomic mass is 10.2. The maximum atomic E-state index is 13.1. The third-order valence-electron chi connectivity index (χ3n) is 2.99. The van der Waals surface area contributed by atoms with Crippen molar-refractivity contribution in [3.8, 4) is 11.5 Å². The second kappa shape index (κ2) is 5.27.